The molecule has 2 atom stereocenters. The Morgan fingerprint density at radius 1 is 1.11 bits per heavy atom. The van der Waals surface area contributed by atoms with E-state index < -0.39 is 0 Å². The maximum absolute atomic E-state index is 13.5. The number of imidazole rings is 1. The van der Waals surface area contributed by atoms with Gasteiger partial charge in [-0.15, -0.1) is 0 Å². The van der Waals surface area contributed by atoms with Gasteiger partial charge in [-0.1, -0.05) is 61.7 Å². The summed E-state index contributed by atoms with van der Waals surface area (Å²) in [7, 11) is 1.62. The Morgan fingerprint density at radius 2 is 1.80 bits per heavy atom. The highest BCUT2D eigenvalue weighted by molar-refractivity contribution is 7.80. The quantitative estimate of drug-likeness (QED) is 0.148. The summed E-state index contributed by atoms with van der Waals surface area (Å²) in [5, 5.41) is 17.2. The number of hydrogen-bond donors (Lipinski definition) is 2. The Bertz CT molecular complexity index is 1620. The SMILES string of the molecule is CC[C@H](C)[C@@H](CN(Cc1c(Cl)cccc1Cl)C(=S)Nc1ccc(OC)cc1)NC(=O)Cc1cncn1Cc1ccc(C#N)cc1. The van der Waals surface area contributed by atoms with Gasteiger partial charge in [0.2, 0.25) is 5.91 Å². The van der Waals surface area contributed by atoms with Crippen LogP contribution in [0, 0.1) is 17.2 Å². The summed E-state index contributed by atoms with van der Waals surface area (Å²) >= 11 is 19.0. The monoisotopic (exact) mass is 662 g/mol. The van der Waals surface area contributed by atoms with E-state index in [0.717, 1.165) is 34.7 Å². The van der Waals surface area contributed by atoms with Crippen molar-refractivity contribution in [2.75, 3.05) is 19.0 Å². The maximum atomic E-state index is 13.5. The van der Waals surface area contributed by atoms with E-state index in [9.17, 15) is 4.79 Å². The molecule has 11 heteroatoms. The predicted octanol–water partition coefficient (Wildman–Crippen LogP) is 7.09. The second-order valence-electron chi connectivity index (χ2n) is 10.8. The highest BCUT2D eigenvalue weighted by Crippen LogP contribution is 2.27. The number of hydrogen-bond acceptors (Lipinski definition) is 5. The number of nitrogens with zero attached hydrogens (tertiary/aromatic N) is 4. The molecule has 0 aliphatic rings. The minimum Gasteiger partial charge on any atom is -0.497 e. The van der Waals surface area contributed by atoms with E-state index in [0.29, 0.717) is 40.4 Å². The molecule has 2 N–H and O–H groups in total. The minimum atomic E-state index is -0.228. The third-order valence-electron chi connectivity index (χ3n) is 7.71. The van der Waals surface area contributed by atoms with Crippen LogP contribution >= 0.6 is 35.4 Å². The van der Waals surface area contributed by atoms with E-state index in [-0.39, 0.29) is 24.3 Å². The van der Waals surface area contributed by atoms with Gasteiger partial charge in [-0.25, -0.2) is 4.98 Å². The summed E-state index contributed by atoms with van der Waals surface area (Å²) in [6, 6.07) is 22.2. The van der Waals surface area contributed by atoms with Crippen LogP contribution in [0.2, 0.25) is 10.0 Å². The molecule has 234 valence electrons. The van der Waals surface area contributed by atoms with Crippen molar-refractivity contribution in [1.29, 1.82) is 5.26 Å². The zero-order chi connectivity index (χ0) is 32.3. The number of methoxy groups -OCH3 is 1. The van der Waals surface area contributed by atoms with Crippen LogP contribution in [0.5, 0.6) is 5.75 Å². The zero-order valence-electron chi connectivity index (χ0n) is 25.5. The molecule has 0 bridgehead atoms. The molecule has 0 radical (unpaired) electrons. The van der Waals surface area contributed by atoms with Crippen LogP contribution in [0.3, 0.4) is 0 Å². The van der Waals surface area contributed by atoms with Gasteiger partial charge < -0.3 is 24.8 Å². The molecule has 1 heterocycles. The van der Waals surface area contributed by atoms with Crippen molar-refractivity contribution in [3.8, 4) is 11.8 Å². The number of ether oxygens (including phenoxy) is 1. The van der Waals surface area contributed by atoms with E-state index in [2.05, 4.69) is 35.5 Å². The number of halogens is 2. The zero-order valence-corrected chi connectivity index (χ0v) is 27.8. The lowest BCUT2D eigenvalue weighted by Gasteiger charge is -2.33. The van der Waals surface area contributed by atoms with Crippen LogP contribution in [-0.2, 0) is 24.3 Å². The number of carbonyl (C=O) groups is 1. The van der Waals surface area contributed by atoms with Crippen LogP contribution in [0.25, 0.3) is 0 Å². The summed E-state index contributed by atoms with van der Waals surface area (Å²) in [6.45, 7) is 5.52. The molecular formula is C34H36Cl2N6O2S. The Balaban J connectivity index is 1.51. The average Bonchev–Trinajstić information content (AvgIpc) is 3.47. The van der Waals surface area contributed by atoms with Crippen LogP contribution in [0.4, 0.5) is 5.69 Å². The lowest BCUT2D eigenvalue weighted by molar-refractivity contribution is -0.121. The van der Waals surface area contributed by atoms with Crippen LogP contribution in [-0.4, -0.2) is 45.2 Å². The highest BCUT2D eigenvalue weighted by atomic mass is 35.5. The molecule has 45 heavy (non-hydrogen) atoms. The molecule has 0 unspecified atom stereocenters. The molecule has 0 saturated heterocycles. The van der Waals surface area contributed by atoms with E-state index in [4.69, 9.17) is 45.4 Å². The van der Waals surface area contributed by atoms with E-state index in [1.165, 1.54) is 0 Å². The third kappa shape index (κ3) is 9.44. The van der Waals surface area contributed by atoms with E-state index in [1.807, 2.05) is 45.9 Å². The topological polar surface area (TPSA) is 95.2 Å². The average molecular weight is 664 g/mol. The van der Waals surface area contributed by atoms with Gasteiger partial charge in [0.25, 0.3) is 0 Å². The van der Waals surface area contributed by atoms with Gasteiger partial charge in [0.05, 0.1) is 31.5 Å². The van der Waals surface area contributed by atoms with Gasteiger partial charge in [-0.2, -0.15) is 5.26 Å². The number of thiocarbonyl (C=S) groups is 1. The van der Waals surface area contributed by atoms with Crippen molar-refractivity contribution in [3.63, 3.8) is 0 Å². The number of carbonyl (C=O) groups excluding carboxylic acids is 1. The van der Waals surface area contributed by atoms with Crippen LogP contribution in [0.15, 0.2) is 79.3 Å². The van der Waals surface area contributed by atoms with Gasteiger partial charge in [0.15, 0.2) is 5.11 Å². The lowest BCUT2D eigenvalue weighted by Crippen LogP contribution is -2.50. The molecule has 0 fully saturated rings. The minimum absolute atomic E-state index is 0.119. The smallest absolute Gasteiger partial charge is 0.226 e. The molecule has 0 spiro atoms. The molecule has 0 aliphatic carbocycles. The van der Waals surface area contributed by atoms with Crippen molar-refractivity contribution in [1.82, 2.24) is 19.8 Å². The van der Waals surface area contributed by atoms with Crippen molar-refractivity contribution < 1.29 is 9.53 Å². The number of nitrogens with one attached hydrogen (secondary N) is 2. The van der Waals surface area contributed by atoms with E-state index in [1.54, 1.807) is 50.0 Å². The first-order valence-electron chi connectivity index (χ1n) is 14.6. The second-order valence-corrected chi connectivity index (χ2v) is 12.0. The summed E-state index contributed by atoms with van der Waals surface area (Å²) in [6.07, 6.45) is 4.43. The molecule has 3 aromatic carbocycles. The van der Waals surface area contributed by atoms with Crippen LogP contribution in [0.1, 0.15) is 42.7 Å². The largest absolute Gasteiger partial charge is 0.497 e. The molecule has 4 aromatic rings. The number of benzene rings is 3. The molecule has 1 amide bonds. The fourth-order valence-electron chi connectivity index (χ4n) is 4.80. The van der Waals surface area contributed by atoms with Crippen molar-refractivity contribution in [2.24, 2.45) is 5.92 Å². The van der Waals surface area contributed by atoms with Crippen LogP contribution < -0.4 is 15.4 Å². The van der Waals surface area contributed by atoms with Gasteiger partial charge in [0, 0.05) is 58.9 Å². The molecule has 8 nitrogen and oxygen atoms in total. The summed E-state index contributed by atoms with van der Waals surface area (Å²) < 4.78 is 7.22. The maximum Gasteiger partial charge on any atom is 0.226 e. The Hall–Kier alpha value is -4.10. The highest BCUT2D eigenvalue weighted by Gasteiger charge is 2.25. The standard InChI is InChI=1S/C34H36Cl2N6O2S/c1-4-23(2)32(40-33(43)16-27-18-38-22-42(27)19-25-10-8-24(17-37)9-11-25)21-41(20-29-30(35)6-5-7-31(29)36)34(45)39-26-12-14-28(44-3)15-13-26/h5-15,18,22-23,32H,4,16,19-21H2,1-3H3,(H,39,45)(H,40,43)/t23-,32+/m0/s1. The molecular weight excluding hydrogens is 627 g/mol. The van der Waals surface area contributed by atoms with Gasteiger partial charge in [0.1, 0.15) is 5.75 Å². The molecule has 4 rings (SSSR count). The predicted molar refractivity (Wildman–Crippen MR) is 184 cm³/mol. The van der Waals surface area contributed by atoms with Crippen molar-refractivity contribution in [2.45, 2.75) is 45.8 Å². The number of aromatic nitrogens is 2. The first kappa shape index (κ1) is 33.8. The number of nitriles is 1. The van der Waals surface area contributed by atoms with Crippen molar-refractivity contribution >= 4 is 52.1 Å². The fourth-order valence-corrected chi connectivity index (χ4v) is 5.58. The van der Waals surface area contributed by atoms with Gasteiger partial charge >= 0.3 is 0 Å². The summed E-state index contributed by atoms with van der Waals surface area (Å²) in [5.74, 6) is 0.765. The lowest BCUT2D eigenvalue weighted by atomic mass is 9.98. The normalized spacial score (nSPS) is 12.1. The van der Waals surface area contributed by atoms with Gasteiger partial charge in [-0.05, 0) is 72.2 Å². The molecule has 0 saturated carbocycles. The first-order valence-corrected chi connectivity index (χ1v) is 15.8. The first-order chi connectivity index (χ1) is 21.7. The number of rotatable bonds is 13. The van der Waals surface area contributed by atoms with Gasteiger partial charge in [-0.3, -0.25) is 4.79 Å². The Morgan fingerprint density at radius 3 is 2.42 bits per heavy atom. The Kier molecular flexibility index (Phi) is 12.2. The molecule has 0 aliphatic heterocycles. The van der Waals surface area contributed by atoms with E-state index >= 15 is 0 Å². The number of anilines is 1. The fraction of sp³-hybridized carbons (Fsp3) is 0.294. The summed E-state index contributed by atoms with van der Waals surface area (Å²) in [4.78, 5) is 19.8. The molecule has 1 aromatic heterocycles. The second kappa shape index (κ2) is 16.3. The van der Waals surface area contributed by atoms with Crippen molar-refractivity contribution in [3.05, 3.63) is 112 Å². The number of amides is 1. The summed E-state index contributed by atoms with van der Waals surface area (Å²) in [5.41, 5.74) is 3.95. The third-order valence-corrected chi connectivity index (χ3v) is 8.78. The Labute approximate surface area is 279 Å².